The van der Waals surface area contributed by atoms with Crippen LogP contribution in [0.4, 0.5) is 0 Å². The SMILES string of the molecule is O=S1(=O)CCC(CNC2CCCCC2C2CCCCC2)C1. The summed E-state index contributed by atoms with van der Waals surface area (Å²) in [6, 6.07) is 0.658. The Morgan fingerprint density at radius 1 is 0.857 bits per heavy atom. The van der Waals surface area contributed by atoms with Crippen molar-refractivity contribution in [1.82, 2.24) is 5.32 Å². The fourth-order valence-electron chi connectivity index (χ4n) is 4.89. The molecular formula is C17H31NO2S. The van der Waals surface area contributed by atoms with E-state index in [1.165, 1.54) is 57.8 Å². The molecule has 0 amide bonds. The lowest BCUT2D eigenvalue weighted by Gasteiger charge is -2.40. The predicted molar refractivity (Wildman–Crippen MR) is 87.1 cm³/mol. The highest BCUT2D eigenvalue weighted by molar-refractivity contribution is 7.91. The second kappa shape index (κ2) is 6.99. The average molecular weight is 314 g/mol. The molecule has 3 atom stereocenters. The predicted octanol–water partition coefficient (Wildman–Crippen LogP) is 3.15. The fourth-order valence-corrected chi connectivity index (χ4v) is 6.75. The van der Waals surface area contributed by atoms with Gasteiger partial charge in [0.15, 0.2) is 9.84 Å². The first-order chi connectivity index (χ1) is 10.1. The summed E-state index contributed by atoms with van der Waals surface area (Å²) < 4.78 is 23.2. The Morgan fingerprint density at radius 3 is 2.29 bits per heavy atom. The van der Waals surface area contributed by atoms with E-state index in [-0.39, 0.29) is 0 Å². The molecule has 3 fully saturated rings. The molecule has 21 heavy (non-hydrogen) atoms. The molecule has 1 heterocycles. The molecule has 3 aliphatic rings. The normalized spacial score (nSPS) is 37.6. The van der Waals surface area contributed by atoms with Crippen LogP contribution in [0.15, 0.2) is 0 Å². The van der Waals surface area contributed by atoms with Gasteiger partial charge in [0, 0.05) is 6.04 Å². The van der Waals surface area contributed by atoms with Crippen LogP contribution in [0.5, 0.6) is 0 Å². The van der Waals surface area contributed by atoms with Crippen LogP contribution in [-0.2, 0) is 9.84 Å². The third-order valence-corrected chi connectivity index (χ3v) is 7.91. The summed E-state index contributed by atoms with van der Waals surface area (Å²) in [7, 11) is -2.72. The van der Waals surface area contributed by atoms with Crippen molar-refractivity contribution < 1.29 is 8.42 Å². The Labute approximate surface area is 130 Å². The third-order valence-electron chi connectivity index (χ3n) is 6.07. The van der Waals surface area contributed by atoms with Crippen LogP contribution in [0.3, 0.4) is 0 Å². The van der Waals surface area contributed by atoms with Crippen molar-refractivity contribution >= 4 is 9.84 Å². The smallest absolute Gasteiger partial charge is 0.150 e. The van der Waals surface area contributed by atoms with Gasteiger partial charge < -0.3 is 5.32 Å². The van der Waals surface area contributed by atoms with Crippen molar-refractivity contribution in [1.29, 1.82) is 0 Å². The fraction of sp³-hybridized carbons (Fsp3) is 1.00. The minimum absolute atomic E-state index is 0.365. The second-order valence-corrected chi connectivity index (χ2v) is 9.86. The molecule has 1 aliphatic heterocycles. The monoisotopic (exact) mass is 313 g/mol. The van der Waals surface area contributed by atoms with Crippen LogP contribution in [0.25, 0.3) is 0 Å². The molecule has 0 aromatic rings. The molecule has 0 bridgehead atoms. The Hall–Kier alpha value is -0.0900. The van der Waals surface area contributed by atoms with E-state index >= 15 is 0 Å². The average Bonchev–Trinajstić information content (AvgIpc) is 2.86. The molecule has 4 heteroatoms. The van der Waals surface area contributed by atoms with E-state index in [2.05, 4.69) is 5.32 Å². The molecule has 1 N–H and O–H groups in total. The van der Waals surface area contributed by atoms with Gasteiger partial charge >= 0.3 is 0 Å². The highest BCUT2D eigenvalue weighted by atomic mass is 32.2. The Bertz CT molecular complexity index is 428. The van der Waals surface area contributed by atoms with Crippen molar-refractivity contribution in [3.05, 3.63) is 0 Å². The zero-order valence-corrected chi connectivity index (χ0v) is 14.0. The molecule has 3 rings (SSSR count). The van der Waals surface area contributed by atoms with Gasteiger partial charge in [0.25, 0.3) is 0 Å². The largest absolute Gasteiger partial charge is 0.313 e. The lowest BCUT2D eigenvalue weighted by atomic mass is 9.71. The summed E-state index contributed by atoms with van der Waals surface area (Å²) in [5.41, 5.74) is 0. The number of rotatable bonds is 4. The number of hydrogen-bond donors (Lipinski definition) is 1. The topological polar surface area (TPSA) is 46.2 Å². The molecule has 3 nitrogen and oxygen atoms in total. The van der Waals surface area contributed by atoms with Crippen LogP contribution in [0, 0.1) is 17.8 Å². The minimum Gasteiger partial charge on any atom is -0.313 e. The first-order valence-electron chi connectivity index (χ1n) is 9.08. The van der Waals surface area contributed by atoms with Crippen LogP contribution in [-0.4, -0.2) is 32.5 Å². The highest BCUT2D eigenvalue weighted by Gasteiger charge is 2.34. The quantitative estimate of drug-likeness (QED) is 0.867. The molecule has 0 aromatic carbocycles. The maximum absolute atomic E-state index is 11.6. The summed E-state index contributed by atoms with van der Waals surface area (Å²) >= 11 is 0. The summed E-state index contributed by atoms with van der Waals surface area (Å²) in [6.07, 6.45) is 13.5. The summed E-state index contributed by atoms with van der Waals surface area (Å²) in [4.78, 5) is 0. The molecule has 0 radical (unpaired) electrons. The van der Waals surface area contributed by atoms with Crippen molar-refractivity contribution in [2.45, 2.75) is 70.3 Å². The standard InChI is InChI=1S/C17H31NO2S/c19-21(20)11-10-14(13-21)12-18-17-9-5-4-8-16(17)15-6-2-1-3-7-15/h14-18H,1-13H2. The lowest BCUT2D eigenvalue weighted by Crippen LogP contribution is -2.44. The molecule has 1 saturated heterocycles. The van der Waals surface area contributed by atoms with E-state index in [9.17, 15) is 8.42 Å². The van der Waals surface area contributed by atoms with Gasteiger partial charge in [0.1, 0.15) is 0 Å². The van der Waals surface area contributed by atoms with Crippen molar-refractivity contribution in [2.75, 3.05) is 18.1 Å². The molecule has 2 aliphatic carbocycles. The van der Waals surface area contributed by atoms with Crippen molar-refractivity contribution in [3.8, 4) is 0 Å². The Balaban J connectivity index is 1.52. The van der Waals surface area contributed by atoms with E-state index < -0.39 is 9.84 Å². The van der Waals surface area contributed by atoms with Gasteiger partial charge in [0.2, 0.25) is 0 Å². The van der Waals surface area contributed by atoms with E-state index in [1.807, 2.05) is 0 Å². The molecular weight excluding hydrogens is 282 g/mol. The Kier molecular flexibility index (Phi) is 5.26. The highest BCUT2D eigenvalue weighted by Crippen LogP contribution is 2.38. The van der Waals surface area contributed by atoms with Crippen LogP contribution in [0.2, 0.25) is 0 Å². The zero-order chi connectivity index (χ0) is 14.7. The van der Waals surface area contributed by atoms with Crippen LogP contribution >= 0.6 is 0 Å². The van der Waals surface area contributed by atoms with Crippen LogP contribution < -0.4 is 5.32 Å². The number of hydrogen-bond acceptors (Lipinski definition) is 3. The number of sulfone groups is 1. The van der Waals surface area contributed by atoms with Crippen molar-refractivity contribution in [3.63, 3.8) is 0 Å². The number of nitrogens with one attached hydrogen (secondary N) is 1. The maximum atomic E-state index is 11.6. The van der Waals surface area contributed by atoms with Crippen molar-refractivity contribution in [2.24, 2.45) is 17.8 Å². The molecule has 0 spiro atoms. The first-order valence-corrected chi connectivity index (χ1v) is 10.9. The van der Waals surface area contributed by atoms with Gasteiger partial charge in [-0.1, -0.05) is 44.9 Å². The van der Waals surface area contributed by atoms with Gasteiger partial charge in [0.05, 0.1) is 11.5 Å². The lowest BCUT2D eigenvalue weighted by molar-refractivity contribution is 0.147. The van der Waals surface area contributed by atoms with E-state index in [1.54, 1.807) is 0 Å². The van der Waals surface area contributed by atoms with Gasteiger partial charge in [-0.25, -0.2) is 8.42 Å². The van der Waals surface area contributed by atoms with Gasteiger partial charge in [-0.2, -0.15) is 0 Å². The molecule has 3 unspecified atom stereocenters. The Morgan fingerprint density at radius 2 is 1.57 bits per heavy atom. The summed E-state index contributed by atoms with van der Waals surface area (Å²) in [6.45, 7) is 0.924. The zero-order valence-electron chi connectivity index (χ0n) is 13.2. The van der Waals surface area contributed by atoms with E-state index in [0.717, 1.165) is 24.8 Å². The molecule has 122 valence electrons. The van der Waals surface area contributed by atoms with Gasteiger partial charge in [-0.05, 0) is 43.6 Å². The third kappa shape index (κ3) is 4.22. The second-order valence-electron chi connectivity index (χ2n) is 7.63. The molecule has 2 saturated carbocycles. The maximum Gasteiger partial charge on any atom is 0.150 e. The van der Waals surface area contributed by atoms with Gasteiger partial charge in [-0.3, -0.25) is 0 Å². The van der Waals surface area contributed by atoms with E-state index in [0.29, 0.717) is 23.5 Å². The summed E-state index contributed by atoms with van der Waals surface area (Å²) in [5.74, 6) is 2.99. The van der Waals surface area contributed by atoms with Gasteiger partial charge in [-0.15, -0.1) is 0 Å². The van der Waals surface area contributed by atoms with Crippen LogP contribution in [0.1, 0.15) is 64.2 Å². The summed E-state index contributed by atoms with van der Waals surface area (Å²) in [5, 5.41) is 3.78. The first kappa shape index (κ1) is 15.8. The minimum atomic E-state index is -2.72. The van der Waals surface area contributed by atoms with E-state index in [4.69, 9.17) is 0 Å². The molecule has 0 aromatic heterocycles.